The van der Waals surface area contributed by atoms with Gasteiger partial charge in [-0.3, -0.25) is 4.79 Å². The molecule has 0 aliphatic rings. The minimum atomic E-state index is -0.778. The lowest BCUT2D eigenvalue weighted by molar-refractivity contribution is -0.142. The SMILES string of the molecule is COC(=O)[C@@H](C)NC(=O)c1ccc2nc(-c3cc(-c4cccnc4OC)ccc3O)[nH]c2c1. The van der Waals surface area contributed by atoms with E-state index in [1.807, 2.05) is 6.07 Å². The van der Waals surface area contributed by atoms with E-state index in [2.05, 4.69) is 25.0 Å². The summed E-state index contributed by atoms with van der Waals surface area (Å²) in [5.74, 6) is 0.00198. The highest BCUT2D eigenvalue weighted by Crippen LogP contribution is 2.35. The lowest BCUT2D eigenvalue weighted by atomic mass is 10.0. The maximum Gasteiger partial charge on any atom is 0.328 e. The fourth-order valence-electron chi connectivity index (χ4n) is 3.46. The largest absolute Gasteiger partial charge is 0.507 e. The van der Waals surface area contributed by atoms with Gasteiger partial charge in [-0.25, -0.2) is 14.8 Å². The molecule has 2 aromatic carbocycles. The Kier molecular flexibility index (Phi) is 5.95. The van der Waals surface area contributed by atoms with Crippen molar-refractivity contribution in [2.45, 2.75) is 13.0 Å². The van der Waals surface area contributed by atoms with Gasteiger partial charge in [0.25, 0.3) is 5.91 Å². The van der Waals surface area contributed by atoms with Crippen LogP contribution in [0.2, 0.25) is 0 Å². The molecule has 1 atom stereocenters. The number of nitrogens with zero attached hydrogens (tertiary/aromatic N) is 2. The number of benzene rings is 2. The molecule has 4 rings (SSSR count). The van der Waals surface area contributed by atoms with Crippen molar-refractivity contribution in [2.75, 3.05) is 14.2 Å². The fraction of sp³-hybridized carbons (Fsp3) is 0.167. The van der Waals surface area contributed by atoms with Crippen LogP contribution in [0, 0.1) is 0 Å². The third-order valence-corrected chi connectivity index (χ3v) is 5.17. The van der Waals surface area contributed by atoms with E-state index in [4.69, 9.17) is 4.74 Å². The predicted octanol–water partition coefficient (Wildman–Crippen LogP) is 3.30. The van der Waals surface area contributed by atoms with Crippen LogP contribution in [0.4, 0.5) is 0 Å². The summed E-state index contributed by atoms with van der Waals surface area (Å²) in [6.07, 6.45) is 1.64. The molecule has 0 aliphatic carbocycles. The fourth-order valence-corrected chi connectivity index (χ4v) is 3.46. The second-order valence-corrected chi connectivity index (χ2v) is 7.33. The van der Waals surface area contributed by atoms with Crippen LogP contribution in [-0.2, 0) is 9.53 Å². The van der Waals surface area contributed by atoms with E-state index >= 15 is 0 Å². The first kappa shape index (κ1) is 21.8. The Morgan fingerprint density at radius 2 is 1.91 bits per heavy atom. The van der Waals surface area contributed by atoms with Crippen molar-refractivity contribution >= 4 is 22.9 Å². The van der Waals surface area contributed by atoms with Crippen LogP contribution in [0.1, 0.15) is 17.3 Å². The van der Waals surface area contributed by atoms with E-state index in [0.29, 0.717) is 33.9 Å². The third kappa shape index (κ3) is 4.33. The van der Waals surface area contributed by atoms with Gasteiger partial charge in [0.05, 0.1) is 30.8 Å². The summed E-state index contributed by atoms with van der Waals surface area (Å²) in [7, 11) is 2.81. The highest BCUT2D eigenvalue weighted by molar-refractivity contribution is 5.99. The van der Waals surface area contributed by atoms with Crippen LogP contribution in [0.15, 0.2) is 54.7 Å². The number of hydrogen-bond acceptors (Lipinski definition) is 7. The first-order chi connectivity index (χ1) is 15.9. The van der Waals surface area contributed by atoms with E-state index in [9.17, 15) is 14.7 Å². The lowest BCUT2D eigenvalue weighted by Crippen LogP contribution is -2.39. The Bertz CT molecular complexity index is 1350. The molecule has 9 heteroatoms. The van der Waals surface area contributed by atoms with E-state index < -0.39 is 17.9 Å². The molecule has 9 nitrogen and oxygen atoms in total. The van der Waals surface area contributed by atoms with E-state index in [0.717, 1.165) is 11.1 Å². The summed E-state index contributed by atoms with van der Waals surface area (Å²) in [5.41, 5.74) is 3.63. The van der Waals surface area contributed by atoms with Crippen molar-refractivity contribution in [3.8, 4) is 34.1 Å². The Hall–Kier alpha value is -4.40. The molecule has 0 saturated heterocycles. The zero-order valence-corrected chi connectivity index (χ0v) is 18.2. The number of amides is 1. The molecular formula is C24H22N4O5. The van der Waals surface area contributed by atoms with Gasteiger partial charge < -0.3 is 24.9 Å². The summed E-state index contributed by atoms with van der Waals surface area (Å²) in [6, 6.07) is 13.0. The van der Waals surface area contributed by atoms with Crippen LogP contribution in [-0.4, -0.2) is 52.2 Å². The second-order valence-electron chi connectivity index (χ2n) is 7.33. The van der Waals surface area contributed by atoms with E-state index in [-0.39, 0.29) is 5.75 Å². The molecule has 0 fully saturated rings. The molecule has 0 aliphatic heterocycles. The number of pyridine rings is 1. The average molecular weight is 446 g/mol. The van der Waals surface area contributed by atoms with E-state index in [1.165, 1.54) is 7.11 Å². The smallest absolute Gasteiger partial charge is 0.328 e. The van der Waals surface area contributed by atoms with Crippen molar-refractivity contribution in [3.05, 3.63) is 60.3 Å². The normalized spacial score (nSPS) is 11.7. The molecule has 0 radical (unpaired) electrons. The van der Waals surface area contributed by atoms with Crippen molar-refractivity contribution in [2.24, 2.45) is 0 Å². The zero-order valence-electron chi connectivity index (χ0n) is 18.2. The van der Waals surface area contributed by atoms with Gasteiger partial charge in [0.1, 0.15) is 17.6 Å². The number of carbonyl (C=O) groups excluding carboxylic acids is 2. The number of aromatic hydroxyl groups is 1. The molecule has 0 bridgehead atoms. The average Bonchev–Trinajstić information content (AvgIpc) is 3.26. The van der Waals surface area contributed by atoms with Gasteiger partial charge in [0.2, 0.25) is 5.88 Å². The lowest BCUT2D eigenvalue weighted by Gasteiger charge is -2.11. The Labute approximate surface area is 189 Å². The van der Waals surface area contributed by atoms with Crippen LogP contribution in [0.3, 0.4) is 0 Å². The highest BCUT2D eigenvalue weighted by atomic mass is 16.5. The van der Waals surface area contributed by atoms with Crippen molar-refractivity contribution < 1.29 is 24.2 Å². The van der Waals surface area contributed by atoms with Crippen molar-refractivity contribution in [1.29, 1.82) is 0 Å². The number of carbonyl (C=O) groups is 2. The molecule has 168 valence electrons. The molecular weight excluding hydrogens is 424 g/mol. The second kappa shape index (κ2) is 8.99. The van der Waals surface area contributed by atoms with Gasteiger partial charge >= 0.3 is 5.97 Å². The van der Waals surface area contributed by atoms with Crippen LogP contribution in [0.25, 0.3) is 33.5 Å². The van der Waals surface area contributed by atoms with Crippen LogP contribution >= 0.6 is 0 Å². The standard InChI is InChI=1S/C24H22N4O5/c1-13(24(31)33-3)26-22(30)15-6-8-18-19(12-15)28-21(27-18)17-11-14(7-9-20(17)29)16-5-4-10-25-23(16)32-2/h4-13,29H,1-3H3,(H,26,30)(H,27,28)/t13-/m1/s1. The number of methoxy groups -OCH3 is 2. The predicted molar refractivity (Wildman–Crippen MR) is 122 cm³/mol. The van der Waals surface area contributed by atoms with Gasteiger partial charge in [0.15, 0.2) is 0 Å². The van der Waals surface area contributed by atoms with E-state index in [1.54, 1.807) is 62.7 Å². The molecule has 4 aromatic rings. The summed E-state index contributed by atoms with van der Waals surface area (Å²) < 4.78 is 9.98. The highest BCUT2D eigenvalue weighted by Gasteiger charge is 2.18. The number of aromatic nitrogens is 3. The van der Waals surface area contributed by atoms with Crippen molar-refractivity contribution in [3.63, 3.8) is 0 Å². The summed E-state index contributed by atoms with van der Waals surface area (Å²) in [5, 5.41) is 13.1. The molecule has 0 spiro atoms. The molecule has 0 unspecified atom stereocenters. The molecule has 3 N–H and O–H groups in total. The summed E-state index contributed by atoms with van der Waals surface area (Å²) in [6.45, 7) is 1.55. The number of phenols is 1. The monoisotopic (exact) mass is 446 g/mol. The Balaban J connectivity index is 1.68. The number of ether oxygens (including phenoxy) is 2. The number of hydrogen-bond donors (Lipinski definition) is 3. The minimum absolute atomic E-state index is 0.0468. The molecule has 2 heterocycles. The van der Waals surface area contributed by atoms with Gasteiger partial charge in [0, 0.05) is 17.3 Å². The molecule has 1 amide bonds. The maximum absolute atomic E-state index is 12.5. The van der Waals surface area contributed by atoms with Gasteiger partial charge in [-0.15, -0.1) is 0 Å². The topological polar surface area (TPSA) is 126 Å². The first-order valence-corrected chi connectivity index (χ1v) is 10.1. The molecule has 33 heavy (non-hydrogen) atoms. The quantitative estimate of drug-likeness (QED) is 0.388. The zero-order chi connectivity index (χ0) is 23.5. The first-order valence-electron chi connectivity index (χ1n) is 10.1. The molecule has 2 aromatic heterocycles. The number of phenolic OH excluding ortho intramolecular Hbond substituents is 1. The number of rotatable bonds is 6. The molecule has 0 saturated carbocycles. The Morgan fingerprint density at radius 3 is 2.67 bits per heavy atom. The van der Waals surface area contributed by atoms with Crippen LogP contribution in [0.5, 0.6) is 11.6 Å². The third-order valence-electron chi connectivity index (χ3n) is 5.17. The maximum atomic E-state index is 12.5. The van der Waals surface area contributed by atoms with Gasteiger partial charge in [-0.1, -0.05) is 6.07 Å². The number of imidazole rings is 1. The van der Waals surface area contributed by atoms with Crippen molar-refractivity contribution in [1.82, 2.24) is 20.3 Å². The van der Waals surface area contributed by atoms with Gasteiger partial charge in [-0.05, 0) is 55.0 Å². The minimum Gasteiger partial charge on any atom is -0.507 e. The summed E-state index contributed by atoms with van der Waals surface area (Å²) in [4.78, 5) is 36.0. The van der Waals surface area contributed by atoms with Crippen LogP contribution < -0.4 is 10.1 Å². The summed E-state index contributed by atoms with van der Waals surface area (Å²) >= 11 is 0. The number of esters is 1. The van der Waals surface area contributed by atoms with Gasteiger partial charge in [-0.2, -0.15) is 0 Å². The number of aromatic amines is 1. The number of nitrogens with one attached hydrogen (secondary N) is 2. The number of fused-ring (bicyclic) bond motifs is 1. The number of H-pyrrole nitrogens is 1. The Morgan fingerprint density at radius 1 is 1.09 bits per heavy atom.